The van der Waals surface area contributed by atoms with Crippen LogP contribution >= 0.6 is 22.9 Å². The smallest absolute Gasteiger partial charge is 0.226 e. The average molecular weight is 376 g/mol. The molecule has 1 amide bonds. The molecule has 0 unspecified atom stereocenters. The highest BCUT2D eigenvalue weighted by Gasteiger charge is 2.09. The van der Waals surface area contributed by atoms with E-state index in [1.807, 2.05) is 29.6 Å². The number of nitrogens with zero attached hydrogens (tertiary/aromatic N) is 1. The van der Waals surface area contributed by atoms with Crippen molar-refractivity contribution in [3.63, 3.8) is 0 Å². The van der Waals surface area contributed by atoms with Crippen molar-refractivity contribution in [3.05, 3.63) is 52.0 Å². The minimum Gasteiger partial charge on any atom is -0.355 e. The van der Waals surface area contributed by atoms with E-state index in [0.717, 1.165) is 22.9 Å². The second-order valence-corrected chi connectivity index (χ2v) is 7.46. The molecule has 1 aliphatic carbocycles. The number of rotatable bonds is 7. The molecular formula is C19H22ClN3OS. The second-order valence-electron chi connectivity index (χ2n) is 6.16. The molecule has 1 aliphatic rings. The van der Waals surface area contributed by atoms with Crippen molar-refractivity contribution in [2.24, 2.45) is 0 Å². The van der Waals surface area contributed by atoms with Gasteiger partial charge in [-0.1, -0.05) is 29.3 Å². The molecule has 0 fully saturated rings. The molecule has 25 heavy (non-hydrogen) atoms. The van der Waals surface area contributed by atoms with Gasteiger partial charge in [0, 0.05) is 22.6 Å². The monoisotopic (exact) mass is 375 g/mol. The molecule has 0 saturated heterocycles. The molecule has 0 spiro atoms. The Kier molecular flexibility index (Phi) is 6.48. The fourth-order valence-corrected chi connectivity index (χ4v) is 3.78. The van der Waals surface area contributed by atoms with Crippen LogP contribution in [0.3, 0.4) is 0 Å². The predicted molar refractivity (Wildman–Crippen MR) is 105 cm³/mol. The van der Waals surface area contributed by atoms with Crippen molar-refractivity contribution in [3.8, 4) is 0 Å². The van der Waals surface area contributed by atoms with Crippen molar-refractivity contribution in [1.82, 2.24) is 10.3 Å². The van der Waals surface area contributed by atoms with E-state index in [1.165, 1.54) is 42.6 Å². The zero-order valence-corrected chi connectivity index (χ0v) is 15.6. The van der Waals surface area contributed by atoms with Crippen LogP contribution in [0.25, 0.3) is 0 Å². The number of thiazole rings is 1. The summed E-state index contributed by atoms with van der Waals surface area (Å²) in [6.07, 6.45) is 8.54. The first-order chi connectivity index (χ1) is 12.2. The maximum atomic E-state index is 12.1. The van der Waals surface area contributed by atoms with Crippen molar-refractivity contribution < 1.29 is 4.79 Å². The molecule has 1 heterocycles. The largest absolute Gasteiger partial charge is 0.355 e. The van der Waals surface area contributed by atoms with Crippen LogP contribution in [0, 0.1) is 0 Å². The Labute approximate surface area is 157 Å². The van der Waals surface area contributed by atoms with Gasteiger partial charge in [0.05, 0.1) is 12.1 Å². The fraction of sp³-hybridized carbons (Fsp3) is 0.368. The highest BCUT2D eigenvalue weighted by molar-refractivity contribution is 7.13. The number of carbonyl (C=O) groups is 1. The molecule has 4 nitrogen and oxygen atoms in total. The first-order valence-electron chi connectivity index (χ1n) is 8.60. The van der Waals surface area contributed by atoms with Crippen molar-refractivity contribution in [2.45, 2.75) is 38.5 Å². The first-order valence-corrected chi connectivity index (χ1v) is 9.86. The molecule has 2 aromatic rings. The van der Waals surface area contributed by atoms with Gasteiger partial charge in [0.25, 0.3) is 0 Å². The normalized spacial score (nSPS) is 14.0. The van der Waals surface area contributed by atoms with Gasteiger partial charge in [-0.25, -0.2) is 4.98 Å². The van der Waals surface area contributed by atoms with Gasteiger partial charge in [0.15, 0.2) is 5.13 Å². The summed E-state index contributed by atoms with van der Waals surface area (Å²) in [6.45, 7) is 0.711. The molecule has 0 bridgehead atoms. The number of amides is 1. The molecule has 3 rings (SSSR count). The maximum absolute atomic E-state index is 12.1. The molecule has 2 N–H and O–H groups in total. The van der Waals surface area contributed by atoms with Gasteiger partial charge in [-0.05, 0) is 50.3 Å². The summed E-state index contributed by atoms with van der Waals surface area (Å²) in [6, 6.07) is 7.48. The summed E-state index contributed by atoms with van der Waals surface area (Å²) in [4.78, 5) is 16.5. The van der Waals surface area contributed by atoms with Gasteiger partial charge in [-0.3, -0.25) is 4.79 Å². The minimum atomic E-state index is 0.0241. The third-order valence-corrected chi connectivity index (χ3v) is 5.16. The minimum absolute atomic E-state index is 0.0241. The van der Waals surface area contributed by atoms with Crippen molar-refractivity contribution in [2.75, 3.05) is 11.9 Å². The first kappa shape index (κ1) is 18.0. The number of hydrogen-bond donors (Lipinski definition) is 2. The third-order valence-electron chi connectivity index (χ3n) is 4.12. The van der Waals surface area contributed by atoms with Crippen LogP contribution in [0.2, 0.25) is 5.02 Å². The predicted octanol–water partition coefficient (Wildman–Crippen LogP) is 5.09. The summed E-state index contributed by atoms with van der Waals surface area (Å²) in [7, 11) is 0. The van der Waals surface area contributed by atoms with E-state index < -0.39 is 0 Å². The van der Waals surface area contributed by atoms with Gasteiger partial charge in [0.1, 0.15) is 0 Å². The van der Waals surface area contributed by atoms with Gasteiger partial charge in [-0.2, -0.15) is 0 Å². The van der Waals surface area contributed by atoms with E-state index in [4.69, 9.17) is 11.6 Å². The SMILES string of the molecule is O=C(Cc1csc(Nc2cccc(Cl)c2)n1)NCCC1=CCCCC1. The Morgan fingerprint density at radius 3 is 3.04 bits per heavy atom. The lowest BCUT2D eigenvalue weighted by Gasteiger charge is -2.12. The van der Waals surface area contributed by atoms with Crippen LogP contribution in [-0.4, -0.2) is 17.4 Å². The zero-order chi connectivity index (χ0) is 17.5. The Morgan fingerprint density at radius 2 is 2.24 bits per heavy atom. The number of allylic oxidation sites excluding steroid dienone is 1. The van der Waals surface area contributed by atoms with Crippen LogP contribution in [0.15, 0.2) is 41.3 Å². The molecule has 132 valence electrons. The lowest BCUT2D eigenvalue weighted by molar-refractivity contribution is -0.120. The summed E-state index contributed by atoms with van der Waals surface area (Å²) < 4.78 is 0. The molecule has 0 atom stereocenters. The number of aromatic nitrogens is 1. The van der Waals surface area contributed by atoms with Crippen molar-refractivity contribution >= 4 is 39.7 Å². The topological polar surface area (TPSA) is 54.0 Å². The number of anilines is 2. The van der Waals surface area contributed by atoms with Crippen LogP contribution in [-0.2, 0) is 11.2 Å². The summed E-state index contributed by atoms with van der Waals surface area (Å²) in [5.41, 5.74) is 3.15. The van der Waals surface area contributed by atoms with E-state index in [2.05, 4.69) is 21.7 Å². The molecule has 6 heteroatoms. The second kappa shape index (κ2) is 9.02. The molecule has 1 aromatic heterocycles. The fourth-order valence-electron chi connectivity index (χ4n) is 2.86. The summed E-state index contributed by atoms with van der Waals surface area (Å²) >= 11 is 7.46. The number of hydrogen-bond acceptors (Lipinski definition) is 4. The van der Waals surface area contributed by atoms with Gasteiger partial charge >= 0.3 is 0 Å². The van der Waals surface area contributed by atoms with Crippen LogP contribution in [0.1, 0.15) is 37.8 Å². The number of halogens is 1. The Hall–Kier alpha value is -1.85. The van der Waals surface area contributed by atoms with Crippen LogP contribution in [0.4, 0.5) is 10.8 Å². The standard InChI is InChI=1S/C19H22ClN3OS/c20-15-7-4-8-16(11-15)22-19-23-17(13-25-19)12-18(24)21-10-9-14-5-2-1-3-6-14/h4-5,7-8,11,13H,1-3,6,9-10,12H2,(H,21,24)(H,22,23). The molecular weight excluding hydrogens is 354 g/mol. The van der Waals surface area contributed by atoms with Gasteiger partial charge in [0.2, 0.25) is 5.91 Å². The zero-order valence-electron chi connectivity index (χ0n) is 14.1. The quantitative estimate of drug-likeness (QED) is 0.663. The van der Waals surface area contributed by atoms with Gasteiger partial charge < -0.3 is 10.6 Å². The van der Waals surface area contributed by atoms with E-state index in [9.17, 15) is 4.79 Å². The molecule has 1 aromatic carbocycles. The molecule has 0 saturated carbocycles. The van der Waals surface area contributed by atoms with E-state index >= 15 is 0 Å². The lowest BCUT2D eigenvalue weighted by Crippen LogP contribution is -2.26. The van der Waals surface area contributed by atoms with Crippen LogP contribution in [0.5, 0.6) is 0 Å². The molecule has 0 aliphatic heterocycles. The van der Waals surface area contributed by atoms with Crippen molar-refractivity contribution in [1.29, 1.82) is 0 Å². The van der Waals surface area contributed by atoms with Gasteiger partial charge in [-0.15, -0.1) is 11.3 Å². The Morgan fingerprint density at radius 1 is 1.32 bits per heavy atom. The highest BCUT2D eigenvalue weighted by Crippen LogP contribution is 2.23. The Balaban J connectivity index is 1.44. The highest BCUT2D eigenvalue weighted by atomic mass is 35.5. The Bertz CT molecular complexity index is 757. The number of benzene rings is 1. The van der Waals surface area contributed by atoms with E-state index in [-0.39, 0.29) is 5.91 Å². The average Bonchev–Trinajstić information content (AvgIpc) is 3.02. The third kappa shape index (κ3) is 5.87. The number of nitrogens with one attached hydrogen (secondary N) is 2. The van der Waals surface area contributed by atoms with E-state index in [0.29, 0.717) is 18.0 Å². The maximum Gasteiger partial charge on any atom is 0.226 e. The molecule has 0 radical (unpaired) electrons. The summed E-state index contributed by atoms with van der Waals surface area (Å²) in [5, 5.41) is 9.55. The van der Waals surface area contributed by atoms with Crippen LogP contribution < -0.4 is 10.6 Å². The van der Waals surface area contributed by atoms with E-state index in [1.54, 1.807) is 0 Å². The summed E-state index contributed by atoms with van der Waals surface area (Å²) in [5.74, 6) is 0.0241. The number of carbonyl (C=O) groups excluding carboxylic acids is 1. The lowest BCUT2D eigenvalue weighted by atomic mass is 9.97.